The number of hydrogen-bond donors (Lipinski definition) is 1. The molecule has 0 aliphatic carbocycles. The van der Waals surface area contributed by atoms with Gasteiger partial charge in [0.15, 0.2) is 0 Å². The quantitative estimate of drug-likeness (QED) is 0.622. The minimum Gasteiger partial charge on any atom is -0.497 e. The molecular weight excluding hydrogens is 420 g/mol. The monoisotopic (exact) mass is 440 g/mol. The molecule has 0 unspecified atom stereocenters. The van der Waals surface area contributed by atoms with Crippen molar-refractivity contribution in [1.29, 1.82) is 5.26 Å². The summed E-state index contributed by atoms with van der Waals surface area (Å²) in [5.74, 6) is 1.12. The Morgan fingerprint density at radius 3 is 2.39 bits per heavy atom. The van der Waals surface area contributed by atoms with Crippen molar-refractivity contribution in [3.05, 3.63) is 54.2 Å². The molecule has 1 aliphatic rings. The number of ether oxygens (including phenoxy) is 2. The Balaban J connectivity index is 1.56. The lowest BCUT2D eigenvalue weighted by atomic mass is 10.2. The third-order valence-electron chi connectivity index (χ3n) is 4.79. The van der Waals surface area contributed by atoms with E-state index in [1.165, 1.54) is 16.4 Å². The van der Waals surface area contributed by atoms with Gasteiger partial charge in [-0.15, -0.1) is 0 Å². The fourth-order valence-corrected chi connectivity index (χ4v) is 4.52. The molecule has 0 saturated carbocycles. The van der Waals surface area contributed by atoms with Gasteiger partial charge in [-0.05, 0) is 48.5 Å². The van der Waals surface area contributed by atoms with Gasteiger partial charge in [-0.1, -0.05) is 0 Å². The summed E-state index contributed by atoms with van der Waals surface area (Å²) in [6.07, 6.45) is 0. The number of nitrogens with zero attached hydrogens (tertiary/aromatic N) is 3. The lowest BCUT2D eigenvalue weighted by molar-refractivity contribution is 0.0730. The van der Waals surface area contributed by atoms with Gasteiger partial charge in [0.05, 0.1) is 25.2 Å². The first-order valence-corrected chi connectivity index (χ1v) is 11.0. The molecule has 0 bridgehead atoms. The standard InChI is InChI=1S/C21H20N4O5S/c1-28-17-6-4-16(5-7-17)23-21-19(14-22)24-20(30-21)15-2-8-18(9-3-15)31(26,27)25-10-12-29-13-11-25/h2-9,23H,10-13H2,1H3. The lowest BCUT2D eigenvalue weighted by Crippen LogP contribution is -2.40. The molecule has 0 spiro atoms. The topological polar surface area (TPSA) is 118 Å². The Morgan fingerprint density at radius 2 is 1.77 bits per heavy atom. The van der Waals surface area contributed by atoms with Crippen LogP contribution in [0.4, 0.5) is 11.6 Å². The van der Waals surface area contributed by atoms with E-state index >= 15 is 0 Å². The highest BCUT2D eigenvalue weighted by atomic mass is 32.2. The van der Waals surface area contributed by atoms with Crippen molar-refractivity contribution in [1.82, 2.24) is 9.29 Å². The summed E-state index contributed by atoms with van der Waals surface area (Å²) in [7, 11) is -2.01. The van der Waals surface area contributed by atoms with Crippen LogP contribution in [0.3, 0.4) is 0 Å². The van der Waals surface area contributed by atoms with Gasteiger partial charge in [0.25, 0.3) is 0 Å². The fraction of sp³-hybridized carbons (Fsp3) is 0.238. The fourth-order valence-electron chi connectivity index (χ4n) is 3.12. The molecule has 4 rings (SSSR count). The average molecular weight is 440 g/mol. The first kappa shape index (κ1) is 20.9. The second-order valence-corrected chi connectivity index (χ2v) is 8.64. The predicted molar refractivity (Wildman–Crippen MR) is 113 cm³/mol. The molecule has 2 aromatic carbocycles. The van der Waals surface area contributed by atoms with Gasteiger partial charge in [-0.3, -0.25) is 0 Å². The summed E-state index contributed by atoms with van der Waals surface area (Å²) in [5, 5.41) is 12.4. The van der Waals surface area contributed by atoms with Crippen molar-refractivity contribution in [3.8, 4) is 23.3 Å². The first-order chi connectivity index (χ1) is 15.0. The molecule has 1 aliphatic heterocycles. The summed E-state index contributed by atoms with van der Waals surface area (Å²) >= 11 is 0. The highest BCUT2D eigenvalue weighted by Crippen LogP contribution is 2.29. The molecule has 2 heterocycles. The van der Waals surface area contributed by atoms with Gasteiger partial charge in [-0.2, -0.15) is 14.6 Å². The molecule has 1 saturated heterocycles. The molecule has 10 heteroatoms. The number of morpholine rings is 1. The van der Waals surface area contributed by atoms with Crippen LogP contribution >= 0.6 is 0 Å². The van der Waals surface area contributed by atoms with E-state index in [2.05, 4.69) is 10.3 Å². The normalized spacial score (nSPS) is 14.7. The number of oxazole rings is 1. The highest BCUT2D eigenvalue weighted by Gasteiger charge is 2.26. The van der Waals surface area contributed by atoms with Crippen LogP contribution in [0.5, 0.6) is 5.75 Å². The van der Waals surface area contributed by atoms with Gasteiger partial charge in [0, 0.05) is 24.3 Å². The van der Waals surface area contributed by atoms with Gasteiger partial charge < -0.3 is 19.2 Å². The van der Waals surface area contributed by atoms with Crippen LogP contribution in [-0.2, 0) is 14.8 Å². The van der Waals surface area contributed by atoms with Crippen LogP contribution in [0, 0.1) is 11.3 Å². The van der Waals surface area contributed by atoms with Gasteiger partial charge >= 0.3 is 0 Å². The molecule has 0 amide bonds. The molecule has 1 aromatic heterocycles. The lowest BCUT2D eigenvalue weighted by Gasteiger charge is -2.26. The number of aromatic nitrogens is 1. The van der Waals surface area contributed by atoms with Gasteiger partial charge in [0.1, 0.15) is 11.8 Å². The Kier molecular flexibility index (Phi) is 5.90. The van der Waals surface area contributed by atoms with Crippen LogP contribution in [0.2, 0.25) is 0 Å². The SMILES string of the molecule is COc1ccc(Nc2oc(-c3ccc(S(=O)(=O)N4CCOCC4)cc3)nc2C#N)cc1. The maximum atomic E-state index is 12.8. The Morgan fingerprint density at radius 1 is 1.10 bits per heavy atom. The summed E-state index contributed by atoms with van der Waals surface area (Å²) < 4.78 is 43.0. The van der Waals surface area contributed by atoms with Gasteiger partial charge in [0.2, 0.25) is 27.5 Å². The average Bonchev–Trinajstić information content (AvgIpc) is 3.23. The zero-order valence-electron chi connectivity index (χ0n) is 16.7. The third kappa shape index (κ3) is 4.39. The van der Waals surface area contributed by atoms with Crippen molar-refractivity contribution in [2.24, 2.45) is 0 Å². The zero-order valence-corrected chi connectivity index (χ0v) is 17.6. The van der Waals surface area contributed by atoms with E-state index in [-0.39, 0.29) is 22.4 Å². The van der Waals surface area contributed by atoms with Crippen molar-refractivity contribution in [2.75, 3.05) is 38.7 Å². The number of rotatable bonds is 6. The van der Waals surface area contributed by atoms with E-state index in [1.807, 2.05) is 6.07 Å². The highest BCUT2D eigenvalue weighted by molar-refractivity contribution is 7.89. The molecule has 1 N–H and O–H groups in total. The zero-order chi connectivity index (χ0) is 21.8. The number of nitrogens with one attached hydrogen (secondary N) is 1. The smallest absolute Gasteiger partial charge is 0.243 e. The van der Waals surface area contributed by atoms with Crippen LogP contribution in [0.15, 0.2) is 57.8 Å². The minimum atomic E-state index is -3.59. The molecule has 0 atom stereocenters. The van der Waals surface area contributed by atoms with E-state index in [0.717, 1.165) is 0 Å². The Labute approximate surface area is 179 Å². The van der Waals surface area contributed by atoms with E-state index in [1.54, 1.807) is 43.5 Å². The van der Waals surface area contributed by atoms with Crippen LogP contribution in [-0.4, -0.2) is 51.1 Å². The van der Waals surface area contributed by atoms with Crippen molar-refractivity contribution < 1.29 is 22.3 Å². The van der Waals surface area contributed by atoms with E-state index < -0.39 is 10.0 Å². The maximum absolute atomic E-state index is 12.8. The van der Waals surface area contributed by atoms with Crippen LogP contribution in [0.25, 0.3) is 11.5 Å². The molecular formula is C21H20N4O5S. The maximum Gasteiger partial charge on any atom is 0.243 e. The molecule has 3 aromatic rings. The number of benzene rings is 2. The summed E-state index contributed by atoms with van der Waals surface area (Å²) in [5.41, 5.74) is 1.35. The summed E-state index contributed by atoms with van der Waals surface area (Å²) in [4.78, 5) is 4.40. The van der Waals surface area contributed by atoms with E-state index in [9.17, 15) is 13.7 Å². The first-order valence-electron chi connectivity index (χ1n) is 9.51. The van der Waals surface area contributed by atoms with E-state index in [0.29, 0.717) is 43.3 Å². The summed E-state index contributed by atoms with van der Waals surface area (Å²) in [6.45, 7) is 1.43. The van der Waals surface area contributed by atoms with Gasteiger partial charge in [-0.25, -0.2) is 8.42 Å². The summed E-state index contributed by atoms with van der Waals surface area (Å²) in [6, 6.07) is 15.4. The number of anilines is 2. The van der Waals surface area contributed by atoms with E-state index in [4.69, 9.17) is 13.9 Å². The van der Waals surface area contributed by atoms with Crippen molar-refractivity contribution in [2.45, 2.75) is 4.90 Å². The molecule has 0 radical (unpaired) electrons. The van der Waals surface area contributed by atoms with Crippen molar-refractivity contribution >= 4 is 21.6 Å². The largest absolute Gasteiger partial charge is 0.497 e. The Hall–Kier alpha value is -3.39. The number of hydrogen-bond acceptors (Lipinski definition) is 8. The third-order valence-corrected chi connectivity index (χ3v) is 6.70. The molecule has 1 fully saturated rings. The predicted octanol–water partition coefficient (Wildman–Crippen LogP) is 2.99. The molecule has 9 nitrogen and oxygen atoms in total. The number of nitriles is 1. The second kappa shape index (κ2) is 8.77. The molecule has 31 heavy (non-hydrogen) atoms. The Bertz CT molecular complexity index is 1190. The van der Waals surface area contributed by atoms with Crippen LogP contribution < -0.4 is 10.1 Å². The van der Waals surface area contributed by atoms with Crippen LogP contribution in [0.1, 0.15) is 5.69 Å². The number of methoxy groups -OCH3 is 1. The minimum absolute atomic E-state index is 0.0934. The second-order valence-electron chi connectivity index (χ2n) is 6.70. The number of sulfonamides is 1. The molecule has 160 valence electrons. The van der Waals surface area contributed by atoms with Crippen molar-refractivity contribution in [3.63, 3.8) is 0 Å².